The molecular weight excluding hydrogens is 306 g/mol. The summed E-state index contributed by atoms with van der Waals surface area (Å²) in [5.74, 6) is 0.685. The normalized spacial score (nSPS) is 18.5. The third-order valence-electron chi connectivity index (χ3n) is 4.13. The van der Waals surface area contributed by atoms with Crippen molar-refractivity contribution in [2.45, 2.75) is 18.9 Å². The fraction of sp³-hybridized carbons (Fsp3) is 0.444. The molecule has 128 valence electrons. The van der Waals surface area contributed by atoms with E-state index < -0.39 is 0 Å². The number of hydrogen-bond acceptors (Lipinski definition) is 5. The zero-order chi connectivity index (χ0) is 16.8. The van der Waals surface area contributed by atoms with Gasteiger partial charge in [0.05, 0.1) is 19.2 Å². The number of amides is 1. The Labute approximate surface area is 141 Å². The smallest absolute Gasteiger partial charge is 0.234 e. The molecule has 1 atom stereocenters. The Morgan fingerprint density at radius 3 is 3.12 bits per heavy atom. The van der Waals surface area contributed by atoms with Crippen molar-refractivity contribution in [1.82, 2.24) is 15.2 Å². The van der Waals surface area contributed by atoms with Crippen molar-refractivity contribution in [3.05, 3.63) is 36.5 Å². The van der Waals surface area contributed by atoms with Crippen molar-refractivity contribution in [3.63, 3.8) is 0 Å². The van der Waals surface area contributed by atoms with Crippen LogP contribution in [-0.4, -0.2) is 59.8 Å². The molecule has 2 aromatic rings. The molecule has 0 radical (unpaired) electrons. The highest BCUT2D eigenvalue weighted by atomic mass is 16.5. The Morgan fingerprint density at radius 1 is 1.38 bits per heavy atom. The number of β-amino-alcohol motifs (C(OH)–C–C–N with tert-alkyl or cyclic N) is 1. The number of carbonyl (C=O) groups is 1. The maximum absolute atomic E-state index is 11.9. The number of carbonyl (C=O) groups excluding carboxylic acids is 1. The molecule has 1 aromatic carbocycles. The van der Waals surface area contributed by atoms with Gasteiger partial charge >= 0.3 is 0 Å². The summed E-state index contributed by atoms with van der Waals surface area (Å²) in [7, 11) is 0. The van der Waals surface area contributed by atoms with E-state index in [2.05, 4.69) is 10.3 Å². The van der Waals surface area contributed by atoms with E-state index in [0.717, 1.165) is 36.0 Å². The molecule has 0 aliphatic carbocycles. The number of piperidine rings is 1. The first-order valence-corrected chi connectivity index (χ1v) is 8.36. The lowest BCUT2D eigenvalue weighted by Gasteiger charge is -2.29. The van der Waals surface area contributed by atoms with Crippen LogP contribution < -0.4 is 10.1 Å². The molecule has 0 unspecified atom stereocenters. The highest BCUT2D eigenvalue weighted by molar-refractivity contribution is 5.84. The van der Waals surface area contributed by atoms with E-state index >= 15 is 0 Å². The van der Waals surface area contributed by atoms with Gasteiger partial charge in [-0.1, -0.05) is 18.2 Å². The van der Waals surface area contributed by atoms with E-state index in [1.54, 1.807) is 6.20 Å². The number of aromatic nitrogens is 1. The van der Waals surface area contributed by atoms with Gasteiger partial charge in [-0.25, -0.2) is 0 Å². The van der Waals surface area contributed by atoms with Crippen molar-refractivity contribution in [3.8, 4) is 5.75 Å². The quantitative estimate of drug-likeness (QED) is 0.779. The molecule has 0 bridgehead atoms. The number of pyridine rings is 1. The molecule has 1 aliphatic rings. The van der Waals surface area contributed by atoms with Crippen LogP contribution in [0.4, 0.5) is 0 Å². The molecule has 1 saturated heterocycles. The number of benzene rings is 1. The van der Waals surface area contributed by atoms with E-state index in [9.17, 15) is 9.90 Å². The van der Waals surface area contributed by atoms with Gasteiger partial charge in [-0.05, 0) is 31.5 Å². The number of likely N-dealkylation sites (tertiary alicyclic amines) is 1. The topological polar surface area (TPSA) is 74.7 Å². The molecule has 6 nitrogen and oxygen atoms in total. The van der Waals surface area contributed by atoms with Crippen LogP contribution in [0.5, 0.6) is 5.75 Å². The maximum Gasteiger partial charge on any atom is 0.234 e. The largest absolute Gasteiger partial charge is 0.489 e. The zero-order valence-corrected chi connectivity index (χ0v) is 13.6. The van der Waals surface area contributed by atoms with Crippen LogP contribution in [0, 0.1) is 0 Å². The van der Waals surface area contributed by atoms with Gasteiger partial charge in [0.25, 0.3) is 0 Å². The number of fused-ring (bicyclic) bond motifs is 1. The molecule has 1 aliphatic heterocycles. The van der Waals surface area contributed by atoms with Crippen molar-refractivity contribution in [1.29, 1.82) is 0 Å². The van der Waals surface area contributed by atoms with Gasteiger partial charge in [0.1, 0.15) is 17.9 Å². The first kappa shape index (κ1) is 16.7. The molecule has 2 heterocycles. The summed E-state index contributed by atoms with van der Waals surface area (Å²) >= 11 is 0. The first-order valence-electron chi connectivity index (χ1n) is 8.36. The number of rotatable bonds is 6. The van der Waals surface area contributed by atoms with Gasteiger partial charge in [-0.3, -0.25) is 14.7 Å². The summed E-state index contributed by atoms with van der Waals surface area (Å²) in [6, 6.07) is 9.68. The van der Waals surface area contributed by atoms with Crippen molar-refractivity contribution < 1.29 is 14.6 Å². The Kier molecular flexibility index (Phi) is 5.61. The number of aliphatic hydroxyl groups excluding tert-OH is 1. The summed E-state index contributed by atoms with van der Waals surface area (Å²) in [5, 5.41) is 13.5. The maximum atomic E-state index is 11.9. The number of nitrogens with one attached hydrogen (secondary N) is 1. The lowest BCUT2D eigenvalue weighted by molar-refractivity contribution is -0.123. The second kappa shape index (κ2) is 8.08. The third-order valence-corrected chi connectivity index (χ3v) is 4.13. The summed E-state index contributed by atoms with van der Waals surface area (Å²) in [4.78, 5) is 18.3. The second-order valence-electron chi connectivity index (χ2n) is 6.06. The minimum Gasteiger partial charge on any atom is -0.489 e. The molecular formula is C18H23N3O3. The Morgan fingerprint density at radius 2 is 2.25 bits per heavy atom. The van der Waals surface area contributed by atoms with E-state index in [4.69, 9.17) is 4.74 Å². The van der Waals surface area contributed by atoms with E-state index in [1.807, 2.05) is 35.2 Å². The number of aliphatic hydroxyl groups is 1. The van der Waals surface area contributed by atoms with Crippen molar-refractivity contribution in [2.24, 2.45) is 0 Å². The number of nitrogens with zero attached hydrogens (tertiary/aromatic N) is 2. The molecule has 0 spiro atoms. The predicted molar refractivity (Wildman–Crippen MR) is 91.9 cm³/mol. The Balaban J connectivity index is 1.42. The van der Waals surface area contributed by atoms with Crippen LogP contribution in [0.1, 0.15) is 12.8 Å². The highest BCUT2D eigenvalue weighted by Crippen LogP contribution is 2.22. The lowest BCUT2D eigenvalue weighted by atomic mass is 10.1. The fourth-order valence-corrected chi connectivity index (χ4v) is 2.98. The Bertz CT molecular complexity index is 687. The minimum absolute atomic E-state index is 0.0382. The zero-order valence-electron chi connectivity index (χ0n) is 13.6. The van der Waals surface area contributed by atoms with Gasteiger partial charge < -0.3 is 15.2 Å². The number of para-hydroxylation sites is 1. The van der Waals surface area contributed by atoms with Crippen LogP contribution in [0.15, 0.2) is 36.5 Å². The molecule has 2 N–H and O–H groups in total. The van der Waals surface area contributed by atoms with Crippen molar-refractivity contribution in [2.75, 3.05) is 32.8 Å². The molecule has 6 heteroatoms. The summed E-state index contributed by atoms with van der Waals surface area (Å²) in [5.41, 5.74) is 0.827. The lowest BCUT2D eigenvalue weighted by Crippen LogP contribution is -2.44. The van der Waals surface area contributed by atoms with Crippen LogP contribution in [-0.2, 0) is 4.79 Å². The van der Waals surface area contributed by atoms with Crippen molar-refractivity contribution >= 4 is 16.8 Å². The monoisotopic (exact) mass is 329 g/mol. The van der Waals surface area contributed by atoms with Crippen LogP contribution >= 0.6 is 0 Å². The summed E-state index contributed by atoms with van der Waals surface area (Å²) in [6.07, 6.45) is 3.19. The third kappa shape index (κ3) is 4.43. The van der Waals surface area contributed by atoms with Gasteiger partial charge in [0.15, 0.2) is 0 Å². The molecule has 3 rings (SSSR count). The van der Waals surface area contributed by atoms with E-state index in [0.29, 0.717) is 26.2 Å². The Hall–Kier alpha value is -2.18. The van der Waals surface area contributed by atoms with Crippen LogP contribution in [0.3, 0.4) is 0 Å². The van der Waals surface area contributed by atoms with Crippen LogP contribution in [0.25, 0.3) is 10.9 Å². The molecule has 24 heavy (non-hydrogen) atoms. The average Bonchev–Trinajstić information content (AvgIpc) is 2.59. The SMILES string of the molecule is O=C(CN1CCC[C@H](O)C1)NCCOc1cccc2cccnc12. The van der Waals surface area contributed by atoms with Gasteiger partial charge in [0.2, 0.25) is 5.91 Å². The minimum atomic E-state index is -0.311. The molecule has 1 aromatic heterocycles. The summed E-state index contributed by atoms with van der Waals surface area (Å²) in [6.45, 7) is 2.60. The van der Waals surface area contributed by atoms with E-state index in [1.165, 1.54) is 0 Å². The molecule has 1 amide bonds. The van der Waals surface area contributed by atoms with Gasteiger partial charge in [0, 0.05) is 18.1 Å². The standard InChI is InChI=1S/C18H23N3O3/c22-15-6-3-10-21(12-15)13-17(23)19-9-11-24-16-7-1-4-14-5-2-8-20-18(14)16/h1-2,4-5,7-8,15,22H,3,6,9-13H2,(H,19,23)/t15-/m0/s1. The van der Waals surface area contributed by atoms with Gasteiger partial charge in [-0.2, -0.15) is 0 Å². The number of ether oxygens (including phenoxy) is 1. The second-order valence-corrected chi connectivity index (χ2v) is 6.06. The highest BCUT2D eigenvalue weighted by Gasteiger charge is 2.19. The number of hydrogen-bond donors (Lipinski definition) is 2. The summed E-state index contributed by atoms with van der Waals surface area (Å²) < 4.78 is 5.75. The van der Waals surface area contributed by atoms with E-state index in [-0.39, 0.29) is 12.0 Å². The average molecular weight is 329 g/mol. The predicted octanol–water partition coefficient (Wildman–Crippen LogP) is 1.19. The molecule has 1 fully saturated rings. The first-order chi connectivity index (χ1) is 11.7. The fourth-order valence-electron chi connectivity index (χ4n) is 2.98. The van der Waals surface area contributed by atoms with Crippen LogP contribution in [0.2, 0.25) is 0 Å². The van der Waals surface area contributed by atoms with Gasteiger partial charge in [-0.15, -0.1) is 0 Å². The molecule has 0 saturated carbocycles.